The molecule has 50 valence electrons. The SMILES string of the molecule is CN1CCCC12C1CC12. The van der Waals surface area contributed by atoms with Crippen LogP contribution in [0.15, 0.2) is 0 Å². The van der Waals surface area contributed by atoms with Crippen molar-refractivity contribution < 1.29 is 0 Å². The van der Waals surface area contributed by atoms with Crippen LogP contribution in [-0.4, -0.2) is 24.0 Å². The van der Waals surface area contributed by atoms with Crippen molar-refractivity contribution >= 4 is 0 Å². The normalized spacial score (nSPS) is 62.3. The van der Waals surface area contributed by atoms with Crippen LogP contribution in [0.2, 0.25) is 0 Å². The van der Waals surface area contributed by atoms with Crippen LogP contribution < -0.4 is 0 Å². The minimum absolute atomic E-state index is 0.792. The van der Waals surface area contributed by atoms with Crippen LogP contribution in [0, 0.1) is 11.8 Å². The zero-order valence-electron chi connectivity index (χ0n) is 5.93. The van der Waals surface area contributed by atoms with E-state index in [9.17, 15) is 0 Å². The maximum Gasteiger partial charge on any atom is 0.0270 e. The van der Waals surface area contributed by atoms with E-state index in [1.54, 1.807) is 6.42 Å². The van der Waals surface area contributed by atoms with E-state index in [1.807, 2.05) is 0 Å². The number of likely N-dealkylation sites (tertiary alicyclic amines) is 1. The van der Waals surface area contributed by atoms with Gasteiger partial charge in [-0.2, -0.15) is 0 Å². The molecule has 3 rings (SSSR count). The van der Waals surface area contributed by atoms with Gasteiger partial charge in [-0.15, -0.1) is 0 Å². The van der Waals surface area contributed by atoms with Gasteiger partial charge in [0.1, 0.15) is 0 Å². The maximum atomic E-state index is 2.60. The third-order valence-electron chi connectivity index (χ3n) is 3.75. The van der Waals surface area contributed by atoms with Gasteiger partial charge in [0.05, 0.1) is 0 Å². The summed E-state index contributed by atoms with van der Waals surface area (Å²) in [6, 6.07) is 0. The van der Waals surface area contributed by atoms with E-state index in [4.69, 9.17) is 0 Å². The highest BCUT2D eigenvalue weighted by atomic mass is 15.3. The van der Waals surface area contributed by atoms with Crippen molar-refractivity contribution in [2.24, 2.45) is 11.8 Å². The van der Waals surface area contributed by atoms with Crippen molar-refractivity contribution in [1.82, 2.24) is 4.90 Å². The molecule has 1 nitrogen and oxygen atoms in total. The molecule has 0 N–H and O–H groups in total. The van der Waals surface area contributed by atoms with Gasteiger partial charge in [0.2, 0.25) is 0 Å². The molecule has 0 amide bonds. The Morgan fingerprint density at radius 1 is 1.44 bits per heavy atom. The first-order valence-corrected chi connectivity index (χ1v) is 4.07. The van der Waals surface area contributed by atoms with Crippen molar-refractivity contribution in [2.75, 3.05) is 13.6 Å². The van der Waals surface area contributed by atoms with Gasteiger partial charge in [-0.05, 0) is 44.7 Å². The smallest absolute Gasteiger partial charge is 0.0270 e. The summed E-state index contributed by atoms with van der Waals surface area (Å²) in [5.41, 5.74) is 0.792. The Kier molecular flexibility index (Phi) is 0.563. The highest BCUT2D eigenvalue weighted by Crippen LogP contribution is 2.76. The van der Waals surface area contributed by atoms with Gasteiger partial charge in [0.25, 0.3) is 0 Å². The Morgan fingerprint density at radius 2 is 2.22 bits per heavy atom. The topological polar surface area (TPSA) is 3.24 Å². The molecule has 1 heteroatoms. The molecule has 3 fully saturated rings. The van der Waals surface area contributed by atoms with E-state index in [-0.39, 0.29) is 0 Å². The molecule has 3 aliphatic rings. The highest BCUT2D eigenvalue weighted by Gasteiger charge is 2.78. The molecule has 0 bridgehead atoms. The summed E-state index contributed by atoms with van der Waals surface area (Å²) >= 11 is 0. The van der Waals surface area contributed by atoms with Crippen LogP contribution in [0.3, 0.4) is 0 Å². The number of hydrogen-bond acceptors (Lipinski definition) is 1. The predicted octanol–water partition coefficient (Wildman–Crippen LogP) is 1.10. The molecule has 2 unspecified atom stereocenters. The largest absolute Gasteiger partial charge is 0.300 e. The van der Waals surface area contributed by atoms with Gasteiger partial charge >= 0.3 is 0 Å². The summed E-state index contributed by atoms with van der Waals surface area (Å²) in [7, 11) is 2.30. The molecule has 1 saturated heterocycles. The zero-order chi connectivity index (χ0) is 6.06. The van der Waals surface area contributed by atoms with Crippen LogP contribution in [-0.2, 0) is 0 Å². The second kappa shape index (κ2) is 1.07. The van der Waals surface area contributed by atoms with Gasteiger partial charge in [0.15, 0.2) is 0 Å². The Hall–Kier alpha value is -0.0400. The quantitative estimate of drug-likeness (QED) is 0.466. The molecule has 2 atom stereocenters. The van der Waals surface area contributed by atoms with Crippen molar-refractivity contribution in [1.29, 1.82) is 0 Å². The monoisotopic (exact) mass is 123 g/mol. The lowest BCUT2D eigenvalue weighted by Gasteiger charge is -2.24. The lowest BCUT2D eigenvalue weighted by Crippen LogP contribution is -2.33. The first-order valence-electron chi connectivity index (χ1n) is 4.07. The van der Waals surface area contributed by atoms with Crippen molar-refractivity contribution in [2.45, 2.75) is 24.8 Å². The Balaban J connectivity index is 1.91. The highest BCUT2D eigenvalue weighted by molar-refractivity contribution is 5.31. The average molecular weight is 123 g/mol. The van der Waals surface area contributed by atoms with E-state index in [0.29, 0.717) is 0 Å². The van der Waals surface area contributed by atoms with Crippen molar-refractivity contribution in [3.05, 3.63) is 0 Å². The minimum atomic E-state index is 0.792. The summed E-state index contributed by atoms with van der Waals surface area (Å²) in [6.45, 7) is 1.37. The van der Waals surface area contributed by atoms with Crippen LogP contribution in [0.4, 0.5) is 0 Å². The summed E-state index contributed by atoms with van der Waals surface area (Å²) in [4.78, 5) is 2.60. The Labute approximate surface area is 56.0 Å². The molecule has 1 aliphatic heterocycles. The maximum absolute atomic E-state index is 2.60. The molecule has 0 aromatic rings. The number of fused-ring (bicyclic) bond motifs is 3. The molecule has 9 heavy (non-hydrogen) atoms. The summed E-state index contributed by atoms with van der Waals surface area (Å²) in [5, 5.41) is 0. The fraction of sp³-hybridized carbons (Fsp3) is 1.00. The summed E-state index contributed by atoms with van der Waals surface area (Å²) in [6.07, 6.45) is 4.53. The number of hydrogen-bond donors (Lipinski definition) is 0. The lowest BCUT2D eigenvalue weighted by atomic mass is 10.0. The zero-order valence-corrected chi connectivity index (χ0v) is 5.93. The fourth-order valence-electron chi connectivity index (χ4n) is 2.97. The average Bonchev–Trinajstić information content (AvgIpc) is 2.65. The molecule has 2 aliphatic carbocycles. The molecule has 0 aromatic heterocycles. The fourth-order valence-corrected chi connectivity index (χ4v) is 2.97. The Bertz CT molecular complexity index is 156. The van der Waals surface area contributed by atoms with E-state index >= 15 is 0 Å². The van der Waals surface area contributed by atoms with E-state index in [0.717, 1.165) is 17.4 Å². The number of rotatable bonds is 0. The third-order valence-corrected chi connectivity index (χ3v) is 3.75. The van der Waals surface area contributed by atoms with Gasteiger partial charge < -0.3 is 4.90 Å². The molecular weight excluding hydrogens is 110 g/mol. The molecule has 1 heterocycles. The van der Waals surface area contributed by atoms with Crippen LogP contribution >= 0.6 is 0 Å². The van der Waals surface area contributed by atoms with Crippen molar-refractivity contribution in [3.63, 3.8) is 0 Å². The predicted molar refractivity (Wildman–Crippen MR) is 36.2 cm³/mol. The van der Waals surface area contributed by atoms with Gasteiger partial charge in [-0.25, -0.2) is 0 Å². The van der Waals surface area contributed by atoms with Gasteiger partial charge in [-0.3, -0.25) is 0 Å². The van der Waals surface area contributed by atoms with Crippen molar-refractivity contribution in [3.8, 4) is 0 Å². The Morgan fingerprint density at radius 3 is 2.44 bits per heavy atom. The first kappa shape index (κ1) is 4.73. The molecule has 0 aromatic carbocycles. The van der Waals surface area contributed by atoms with E-state index < -0.39 is 0 Å². The van der Waals surface area contributed by atoms with Gasteiger partial charge in [-0.1, -0.05) is 0 Å². The first-order chi connectivity index (χ1) is 4.36. The van der Waals surface area contributed by atoms with Gasteiger partial charge in [0, 0.05) is 5.54 Å². The molecule has 2 saturated carbocycles. The standard InChI is InChI=1S/C8H13N/c1-9-4-2-3-8(9)6-5-7(6)8/h6-7H,2-5H2,1H3. The van der Waals surface area contributed by atoms with Crippen LogP contribution in [0.1, 0.15) is 19.3 Å². The van der Waals surface area contributed by atoms with E-state index in [1.165, 1.54) is 19.4 Å². The molecule has 0 radical (unpaired) electrons. The van der Waals surface area contributed by atoms with Crippen LogP contribution in [0.5, 0.6) is 0 Å². The third kappa shape index (κ3) is 0.337. The molecule has 1 spiro atoms. The summed E-state index contributed by atoms with van der Waals surface area (Å²) in [5.74, 6) is 2.31. The second-order valence-corrected chi connectivity index (χ2v) is 3.97. The lowest BCUT2D eigenvalue weighted by molar-refractivity contribution is 0.224. The summed E-state index contributed by atoms with van der Waals surface area (Å²) < 4.78 is 0. The second-order valence-electron chi connectivity index (χ2n) is 3.97. The van der Waals surface area contributed by atoms with E-state index in [2.05, 4.69) is 11.9 Å². The van der Waals surface area contributed by atoms with Crippen LogP contribution in [0.25, 0.3) is 0 Å². The number of nitrogens with zero attached hydrogens (tertiary/aromatic N) is 1. The molecular formula is C8H13N. The minimum Gasteiger partial charge on any atom is -0.300 e.